The van der Waals surface area contributed by atoms with Gasteiger partial charge < -0.3 is 19.5 Å². The number of carbonyl (C=O) groups excluding carboxylic acids is 2. The molecule has 0 spiro atoms. The van der Waals surface area contributed by atoms with E-state index < -0.39 is 5.41 Å². The second-order valence-electron chi connectivity index (χ2n) is 13.8. The van der Waals surface area contributed by atoms with E-state index in [-0.39, 0.29) is 11.9 Å². The minimum atomic E-state index is -0.580. The van der Waals surface area contributed by atoms with E-state index in [1.165, 1.54) is 39.5 Å². The Hall–Kier alpha value is -2.41. The van der Waals surface area contributed by atoms with Crippen LogP contribution in [-0.2, 0) is 26.3 Å². The van der Waals surface area contributed by atoms with Gasteiger partial charge in [-0.15, -0.1) is 0 Å². The van der Waals surface area contributed by atoms with Crippen LogP contribution in [0, 0.1) is 17.8 Å². The lowest BCUT2D eigenvalue weighted by atomic mass is 9.72. The number of nitrogens with zero attached hydrogens (tertiary/aromatic N) is 3. The summed E-state index contributed by atoms with van der Waals surface area (Å²) in [6.45, 7) is 18.2. The third kappa shape index (κ3) is 9.82. The Kier molecular flexibility index (Phi) is 13.3. The minimum absolute atomic E-state index is 0.0852. The van der Waals surface area contributed by atoms with Gasteiger partial charge in [-0.1, -0.05) is 53.0 Å². The summed E-state index contributed by atoms with van der Waals surface area (Å²) in [6, 6.07) is 6.40. The van der Waals surface area contributed by atoms with Gasteiger partial charge in [0, 0.05) is 30.8 Å². The Balaban J connectivity index is 1.86. The summed E-state index contributed by atoms with van der Waals surface area (Å²) in [5, 5.41) is 3.49. The molecule has 2 aromatic rings. The number of nitrogens with one attached hydrogen (secondary N) is 1. The molecule has 1 aliphatic rings. The number of imidazole rings is 1. The zero-order valence-electron chi connectivity index (χ0n) is 27.6. The van der Waals surface area contributed by atoms with Gasteiger partial charge in [0.05, 0.1) is 18.1 Å². The molecule has 0 unspecified atom stereocenters. The number of aromatic nitrogens is 2. The highest BCUT2D eigenvalue weighted by Gasteiger charge is 2.35. The van der Waals surface area contributed by atoms with Crippen molar-refractivity contribution in [3.8, 4) is 0 Å². The predicted molar refractivity (Wildman–Crippen MR) is 174 cm³/mol. The topological polar surface area (TPSA) is 76.5 Å². The van der Waals surface area contributed by atoms with Crippen LogP contribution in [0.2, 0.25) is 0 Å². The number of carbonyl (C=O) groups is 2. The molecule has 1 fully saturated rings. The van der Waals surface area contributed by atoms with Crippen molar-refractivity contribution in [3.63, 3.8) is 0 Å². The fourth-order valence-corrected chi connectivity index (χ4v) is 6.17. The van der Waals surface area contributed by atoms with Crippen molar-refractivity contribution in [2.24, 2.45) is 17.8 Å². The number of Topliss-reactive ketones (excluding diaryl/α,β-unsaturated/α-hetero) is 1. The molecule has 1 aromatic heterocycles. The number of ketones is 1. The van der Waals surface area contributed by atoms with E-state index in [1.807, 2.05) is 0 Å². The second kappa shape index (κ2) is 16.4. The van der Waals surface area contributed by atoms with Gasteiger partial charge in [-0.25, -0.2) is 4.98 Å². The lowest BCUT2D eigenvalue weighted by Crippen LogP contribution is -2.35. The van der Waals surface area contributed by atoms with Crippen LogP contribution in [-0.4, -0.2) is 59.5 Å². The summed E-state index contributed by atoms with van der Waals surface area (Å²) >= 11 is 0. The zero-order valence-corrected chi connectivity index (χ0v) is 27.6. The first kappa shape index (κ1) is 34.1. The number of hydrogen-bond donors (Lipinski definition) is 1. The van der Waals surface area contributed by atoms with Crippen LogP contribution in [0.15, 0.2) is 18.2 Å². The van der Waals surface area contributed by atoms with Crippen molar-refractivity contribution >= 4 is 28.7 Å². The van der Waals surface area contributed by atoms with Crippen LogP contribution in [0.4, 0.5) is 5.95 Å². The molecule has 0 radical (unpaired) electrons. The molecule has 0 atom stereocenters. The largest absolute Gasteiger partial charge is 0.469 e. The Morgan fingerprint density at radius 1 is 0.952 bits per heavy atom. The summed E-state index contributed by atoms with van der Waals surface area (Å²) in [5.74, 6) is 2.28. The molecule has 42 heavy (non-hydrogen) atoms. The van der Waals surface area contributed by atoms with Gasteiger partial charge in [-0.2, -0.15) is 0 Å². The summed E-state index contributed by atoms with van der Waals surface area (Å²) in [6.07, 6.45) is 10.1. The van der Waals surface area contributed by atoms with Crippen molar-refractivity contribution in [1.82, 2.24) is 14.5 Å². The predicted octanol–water partition coefficient (Wildman–Crippen LogP) is 7.61. The fraction of sp³-hybridized carbons (Fsp3) is 0.743. The molecule has 1 aliphatic heterocycles. The van der Waals surface area contributed by atoms with Gasteiger partial charge in [0.1, 0.15) is 5.78 Å². The van der Waals surface area contributed by atoms with Crippen LogP contribution in [0.5, 0.6) is 0 Å². The second-order valence-corrected chi connectivity index (χ2v) is 13.8. The summed E-state index contributed by atoms with van der Waals surface area (Å²) in [5.41, 5.74) is 2.49. The van der Waals surface area contributed by atoms with Crippen molar-refractivity contribution in [2.45, 2.75) is 118 Å². The Labute approximate surface area is 255 Å². The maximum Gasteiger partial charge on any atom is 0.305 e. The lowest BCUT2D eigenvalue weighted by Gasteiger charge is -2.30. The quantitative estimate of drug-likeness (QED) is 0.144. The first-order valence-electron chi connectivity index (χ1n) is 16.6. The number of rotatable bonds is 18. The van der Waals surface area contributed by atoms with E-state index in [2.05, 4.69) is 74.5 Å². The minimum Gasteiger partial charge on any atom is -0.469 e. The Morgan fingerprint density at radius 3 is 2.24 bits per heavy atom. The molecule has 1 N–H and O–H groups in total. The van der Waals surface area contributed by atoms with E-state index in [1.54, 1.807) is 0 Å². The maximum absolute atomic E-state index is 14.1. The molecule has 0 amide bonds. The molecule has 3 rings (SSSR count). The Bertz CT molecular complexity index is 1120. The summed E-state index contributed by atoms with van der Waals surface area (Å²) in [7, 11) is 1.43. The normalized spacial score (nSPS) is 14.8. The zero-order chi connectivity index (χ0) is 30.7. The standard InChI is InChI=1S/C35H58N4O3/c1-26(2)14-16-28(17-15-27(3)4)33(41)35(5,6)29-18-19-30-31(25-29)39(24-12-23-38-21-9-8-10-22-38)34(37-30)36-20-11-13-32(40)42-7/h18-19,25-28H,8-17,20-24H2,1-7H3,(H,36,37). The van der Waals surface area contributed by atoms with Gasteiger partial charge in [0.25, 0.3) is 0 Å². The van der Waals surface area contributed by atoms with Gasteiger partial charge in [0.15, 0.2) is 0 Å². The lowest BCUT2D eigenvalue weighted by molar-refractivity contribution is -0.140. The average molecular weight is 583 g/mol. The van der Waals surface area contributed by atoms with Crippen molar-refractivity contribution in [3.05, 3.63) is 23.8 Å². The van der Waals surface area contributed by atoms with E-state index in [0.29, 0.717) is 37.0 Å². The number of fused-ring (bicyclic) bond motifs is 1. The number of likely N-dealkylation sites (tertiary alicyclic amines) is 1. The molecule has 2 heterocycles. The molecule has 7 heteroatoms. The van der Waals surface area contributed by atoms with Crippen LogP contribution in [0.1, 0.15) is 111 Å². The maximum atomic E-state index is 14.1. The van der Waals surface area contributed by atoms with Gasteiger partial charge in [0.2, 0.25) is 5.95 Å². The average Bonchev–Trinajstić information content (AvgIpc) is 3.31. The van der Waals surface area contributed by atoms with Crippen LogP contribution < -0.4 is 5.32 Å². The number of aryl methyl sites for hydroxylation is 1. The number of benzene rings is 1. The van der Waals surface area contributed by atoms with Crippen LogP contribution in [0.3, 0.4) is 0 Å². The summed E-state index contributed by atoms with van der Waals surface area (Å²) < 4.78 is 7.09. The smallest absolute Gasteiger partial charge is 0.305 e. The van der Waals surface area contributed by atoms with E-state index in [0.717, 1.165) is 67.7 Å². The van der Waals surface area contributed by atoms with E-state index in [9.17, 15) is 9.59 Å². The number of hydrogen-bond acceptors (Lipinski definition) is 6. The third-order valence-corrected chi connectivity index (χ3v) is 9.01. The molecule has 0 saturated carbocycles. The number of ether oxygens (including phenoxy) is 1. The Morgan fingerprint density at radius 2 is 1.62 bits per heavy atom. The van der Waals surface area contributed by atoms with Crippen molar-refractivity contribution in [1.29, 1.82) is 0 Å². The van der Waals surface area contributed by atoms with Crippen LogP contribution >= 0.6 is 0 Å². The van der Waals surface area contributed by atoms with E-state index >= 15 is 0 Å². The molecule has 1 saturated heterocycles. The van der Waals surface area contributed by atoms with E-state index in [4.69, 9.17) is 9.72 Å². The number of methoxy groups -OCH3 is 1. The van der Waals surface area contributed by atoms with Crippen molar-refractivity contribution < 1.29 is 14.3 Å². The van der Waals surface area contributed by atoms with Gasteiger partial charge in [-0.05, 0) is 102 Å². The summed E-state index contributed by atoms with van der Waals surface area (Å²) in [4.78, 5) is 33.3. The van der Waals surface area contributed by atoms with Crippen LogP contribution in [0.25, 0.3) is 11.0 Å². The SMILES string of the molecule is COC(=O)CCCNc1nc2ccc(C(C)(C)C(=O)C(CCC(C)C)CCC(C)C)cc2n1CCCN1CCCCC1. The monoisotopic (exact) mass is 582 g/mol. The first-order chi connectivity index (χ1) is 20.0. The molecule has 1 aromatic carbocycles. The molecular weight excluding hydrogens is 524 g/mol. The van der Waals surface area contributed by atoms with Gasteiger partial charge in [-0.3, -0.25) is 9.59 Å². The van der Waals surface area contributed by atoms with Crippen molar-refractivity contribution in [2.75, 3.05) is 38.6 Å². The number of esters is 1. The first-order valence-corrected chi connectivity index (χ1v) is 16.6. The molecular formula is C35H58N4O3. The highest BCUT2D eigenvalue weighted by Crippen LogP contribution is 2.34. The highest BCUT2D eigenvalue weighted by molar-refractivity contribution is 5.92. The fourth-order valence-electron chi connectivity index (χ4n) is 6.17. The molecule has 0 bridgehead atoms. The number of anilines is 1. The highest BCUT2D eigenvalue weighted by atomic mass is 16.5. The third-order valence-electron chi connectivity index (χ3n) is 9.01. The van der Waals surface area contributed by atoms with Gasteiger partial charge >= 0.3 is 5.97 Å². The number of piperidine rings is 1. The molecule has 236 valence electrons. The molecule has 7 nitrogen and oxygen atoms in total. The molecule has 0 aliphatic carbocycles.